The molecule has 1 aromatic carbocycles. The maximum absolute atomic E-state index is 13.0. The molecule has 1 atom stereocenters. The van der Waals surface area contributed by atoms with Gasteiger partial charge in [-0.2, -0.15) is 0 Å². The van der Waals surface area contributed by atoms with Gasteiger partial charge in [-0.3, -0.25) is 19.2 Å². The van der Waals surface area contributed by atoms with Crippen LogP contribution in [0.25, 0.3) is 0 Å². The second-order valence-electron chi connectivity index (χ2n) is 7.54. The van der Waals surface area contributed by atoms with Crippen LogP contribution in [0.4, 0.5) is 11.4 Å². The Morgan fingerprint density at radius 1 is 1.29 bits per heavy atom. The molecule has 0 radical (unpaired) electrons. The quantitative estimate of drug-likeness (QED) is 0.439. The Hall–Kier alpha value is -3.68. The summed E-state index contributed by atoms with van der Waals surface area (Å²) in [6.45, 7) is 2.78. The molecular formula is C24H25N3O6S. The fourth-order valence-corrected chi connectivity index (χ4v) is 4.16. The number of nitrogens with zero attached hydrogens (tertiary/aromatic N) is 1. The number of anilines is 2. The van der Waals surface area contributed by atoms with E-state index < -0.39 is 23.8 Å². The summed E-state index contributed by atoms with van der Waals surface area (Å²) in [5.74, 6) is 0.893. The summed E-state index contributed by atoms with van der Waals surface area (Å²) in [7, 11) is 1.26. The number of ether oxygens (including phenoxy) is 2. The van der Waals surface area contributed by atoms with Crippen LogP contribution in [0.5, 0.6) is 0 Å². The summed E-state index contributed by atoms with van der Waals surface area (Å²) < 4.78 is 9.83. The van der Waals surface area contributed by atoms with Gasteiger partial charge in [-0.1, -0.05) is 5.92 Å². The van der Waals surface area contributed by atoms with Gasteiger partial charge in [-0.05, 0) is 49.2 Å². The van der Waals surface area contributed by atoms with Crippen LogP contribution in [0.15, 0.2) is 30.3 Å². The maximum Gasteiger partial charge on any atom is 0.305 e. The molecule has 2 aromatic rings. The van der Waals surface area contributed by atoms with Gasteiger partial charge in [0.1, 0.15) is 12.6 Å². The lowest BCUT2D eigenvalue weighted by atomic mass is 10.1. The first-order valence-electron chi connectivity index (χ1n) is 10.6. The molecule has 178 valence electrons. The van der Waals surface area contributed by atoms with Gasteiger partial charge in [0.25, 0.3) is 11.8 Å². The van der Waals surface area contributed by atoms with Crippen molar-refractivity contribution in [2.24, 2.45) is 0 Å². The molecule has 2 heterocycles. The highest BCUT2D eigenvalue weighted by Gasteiger charge is 2.25. The molecule has 10 heteroatoms. The maximum atomic E-state index is 13.0. The summed E-state index contributed by atoms with van der Waals surface area (Å²) in [6, 6.07) is 7.42. The molecule has 1 aliphatic rings. The van der Waals surface area contributed by atoms with Gasteiger partial charge in [-0.15, -0.1) is 17.8 Å². The third-order valence-corrected chi connectivity index (χ3v) is 6.21. The highest BCUT2D eigenvalue weighted by atomic mass is 32.1. The highest BCUT2D eigenvalue weighted by molar-refractivity contribution is 7.14. The third kappa shape index (κ3) is 6.21. The number of methoxy groups -OCH3 is 1. The Morgan fingerprint density at radius 2 is 2.09 bits per heavy atom. The van der Waals surface area contributed by atoms with Crippen LogP contribution in [0.1, 0.15) is 33.0 Å². The van der Waals surface area contributed by atoms with E-state index in [1.54, 1.807) is 35.2 Å². The zero-order chi connectivity index (χ0) is 24.7. The fraction of sp³-hybridized carbons (Fsp3) is 0.333. The van der Waals surface area contributed by atoms with Crippen molar-refractivity contribution < 1.29 is 28.7 Å². The summed E-state index contributed by atoms with van der Waals surface area (Å²) in [6.07, 6.45) is 5.36. The van der Waals surface area contributed by atoms with E-state index in [9.17, 15) is 19.2 Å². The molecule has 3 amide bonds. The number of aryl methyl sites for hydroxylation is 1. The van der Waals surface area contributed by atoms with Crippen molar-refractivity contribution in [3.63, 3.8) is 0 Å². The number of esters is 1. The van der Waals surface area contributed by atoms with Gasteiger partial charge < -0.3 is 25.0 Å². The van der Waals surface area contributed by atoms with E-state index in [2.05, 4.69) is 21.3 Å². The SMILES string of the molecule is C#Cc1ccc(C(=O)NC(CCC(=O)OC)C(=O)Nc2ccc(N3CCOCC3=O)c(C)c2)s1. The average molecular weight is 484 g/mol. The van der Waals surface area contributed by atoms with Gasteiger partial charge in [0.15, 0.2) is 0 Å². The first kappa shape index (κ1) is 25.0. The second kappa shape index (κ2) is 11.4. The van der Waals surface area contributed by atoms with Crippen LogP contribution in [0.2, 0.25) is 0 Å². The number of thiophene rings is 1. The van der Waals surface area contributed by atoms with Crippen LogP contribution in [0, 0.1) is 19.3 Å². The first-order chi connectivity index (χ1) is 16.3. The van der Waals surface area contributed by atoms with E-state index in [1.165, 1.54) is 7.11 Å². The highest BCUT2D eigenvalue weighted by Crippen LogP contribution is 2.25. The lowest BCUT2D eigenvalue weighted by Crippen LogP contribution is -2.44. The third-order valence-electron chi connectivity index (χ3n) is 5.20. The van der Waals surface area contributed by atoms with Gasteiger partial charge in [0.2, 0.25) is 5.91 Å². The van der Waals surface area contributed by atoms with E-state index in [-0.39, 0.29) is 25.4 Å². The molecule has 0 aliphatic carbocycles. The van der Waals surface area contributed by atoms with E-state index in [0.29, 0.717) is 28.6 Å². The van der Waals surface area contributed by atoms with Gasteiger partial charge in [-0.25, -0.2) is 0 Å². The van der Waals surface area contributed by atoms with Crippen molar-refractivity contribution in [2.45, 2.75) is 25.8 Å². The summed E-state index contributed by atoms with van der Waals surface area (Å²) in [5, 5.41) is 5.45. The minimum atomic E-state index is -0.983. The Balaban J connectivity index is 1.73. The number of benzene rings is 1. The van der Waals surface area contributed by atoms with Crippen molar-refractivity contribution in [3.8, 4) is 12.3 Å². The molecular weight excluding hydrogens is 458 g/mol. The van der Waals surface area contributed by atoms with Gasteiger partial charge in [0.05, 0.1) is 23.5 Å². The molecule has 0 saturated carbocycles. The van der Waals surface area contributed by atoms with Crippen molar-refractivity contribution in [1.82, 2.24) is 5.32 Å². The largest absolute Gasteiger partial charge is 0.469 e. The number of carbonyl (C=O) groups is 4. The Morgan fingerprint density at radius 3 is 2.74 bits per heavy atom. The van der Waals surface area contributed by atoms with E-state index in [1.807, 2.05) is 6.92 Å². The fourth-order valence-electron chi connectivity index (χ4n) is 3.44. The predicted molar refractivity (Wildman–Crippen MR) is 128 cm³/mol. The van der Waals surface area contributed by atoms with E-state index in [4.69, 9.17) is 11.2 Å². The number of carbonyl (C=O) groups excluding carboxylic acids is 4. The van der Waals surface area contributed by atoms with E-state index >= 15 is 0 Å². The zero-order valence-electron chi connectivity index (χ0n) is 18.9. The van der Waals surface area contributed by atoms with E-state index in [0.717, 1.165) is 22.6 Å². The molecule has 1 fully saturated rings. The molecule has 3 rings (SSSR count). The molecule has 34 heavy (non-hydrogen) atoms. The molecule has 0 bridgehead atoms. The lowest BCUT2D eigenvalue weighted by Gasteiger charge is -2.28. The van der Waals surface area contributed by atoms with Crippen LogP contribution in [-0.4, -0.2) is 56.6 Å². The summed E-state index contributed by atoms with van der Waals surface area (Å²) >= 11 is 1.13. The summed E-state index contributed by atoms with van der Waals surface area (Å²) in [5.41, 5.74) is 2.03. The molecule has 0 spiro atoms. The first-order valence-corrected chi connectivity index (χ1v) is 11.4. The summed E-state index contributed by atoms with van der Waals surface area (Å²) in [4.78, 5) is 52.0. The van der Waals surface area contributed by atoms with Crippen molar-refractivity contribution >= 4 is 46.4 Å². The molecule has 1 unspecified atom stereocenters. The molecule has 2 N–H and O–H groups in total. The number of morpholine rings is 1. The number of rotatable bonds is 8. The van der Waals surface area contributed by atoms with Crippen molar-refractivity contribution in [3.05, 3.63) is 45.6 Å². The van der Waals surface area contributed by atoms with Crippen LogP contribution < -0.4 is 15.5 Å². The van der Waals surface area contributed by atoms with Crippen molar-refractivity contribution in [2.75, 3.05) is 37.1 Å². The zero-order valence-corrected chi connectivity index (χ0v) is 19.7. The van der Waals surface area contributed by atoms with Crippen LogP contribution in [-0.2, 0) is 23.9 Å². The molecule has 1 aromatic heterocycles. The average Bonchev–Trinajstić information content (AvgIpc) is 3.31. The smallest absolute Gasteiger partial charge is 0.305 e. The number of hydrogen-bond donors (Lipinski definition) is 2. The standard InChI is InChI=1S/C24H25N3O6S/c1-4-17-6-9-20(34-17)24(31)26-18(7-10-22(29)32-3)23(30)25-16-5-8-19(15(2)13-16)27-11-12-33-14-21(27)28/h1,5-6,8-9,13,18H,7,10-12,14H2,2-3H3,(H,25,30)(H,26,31). The number of hydrogen-bond acceptors (Lipinski definition) is 7. The normalized spacial score (nSPS) is 14.1. The van der Waals surface area contributed by atoms with Gasteiger partial charge >= 0.3 is 5.97 Å². The Labute approximate surface area is 201 Å². The molecule has 1 aliphatic heterocycles. The van der Waals surface area contributed by atoms with Gasteiger partial charge in [0, 0.05) is 24.3 Å². The number of terminal acetylenes is 1. The van der Waals surface area contributed by atoms with Crippen LogP contribution in [0.3, 0.4) is 0 Å². The predicted octanol–water partition coefficient (Wildman–Crippen LogP) is 2.09. The number of amides is 3. The molecule has 9 nitrogen and oxygen atoms in total. The topological polar surface area (TPSA) is 114 Å². The Bertz CT molecular complexity index is 1140. The second-order valence-corrected chi connectivity index (χ2v) is 8.62. The van der Waals surface area contributed by atoms with Crippen LogP contribution >= 0.6 is 11.3 Å². The minimum absolute atomic E-state index is 0.0343. The monoisotopic (exact) mass is 483 g/mol. The minimum Gasteiger partial charge on any atom is -0.469 e. The lowest BCUT2D eigenvalue weighted by molar-refractivity contribution is -0.140. The Kier molecular flexibility index (Phi) is 8.40. The number of nitrogens with one attached hydrogen (secondary N) is 2. The van der Waals surface area contributed by atoms with Crippen molar-refractivity contribution in [1.29, 1.82) is 0 Å². The molecule has 1 saturated heterocycles.